The Balaban J connectivity index is 1.19. The van der Waals surface area contributed by atoms with E-state index >= 15 is 0 Å². The minimum atomic E-state index is -0.273. The Morgan fingerprint density at radius 2 is 2.06 bits per heavy atom. The number of nitrogens with one attached hydrogen (secondary N) is 2. The van der Waals surface area contributed by atoms with Gasteiger partial charge in [-0.2, -0.15) is 0 Å². The van der Waals surface area contributed by atoms with Gasteiger partial charge >= 0.3 is 0 Å². The van der Waals surface area contributed by atoms with Gasteiger partial charge in [0.1, 0.15) is 23.9 Å². The molecule has 1 amide bonds. The predicted molar refractivity (Wildman–Crippen MR) is 127 cm³/mol. The third kappa shape index (κ3) is 4.36. The molecule has 2 N–H and O–H groups in total. The molecule has 0 fully saturated rings. The summed E-state index contributed by atoms with van der Waals surface area (Å²) in [4.78, 5) is 35.0. The van der Waals surface area contributed by atoms with Gasteiger partial charge in [-0.05, 0) is 55.9 Å². The molecule has 1 aromatic carbocycles. The van der Waals surface area contributed by atoms with E-state index in [1.165, 1.54) is 28.6 Å². The number of aromatic amines is 1. The Morgan fingerprint density at radius 3 is 2.94 bits per heavy atom. The molecule has 7 nitrogen and oxygen atoms in total. The van der Waals surface area contributed by atoms with Gasteiger partial charge in [0.05, 0.1) is 16.4 Å². The first-order valence-electron chi connectivity index (χ1n) is 10.9. The minimum Gasteiger partial charge on any atom is -0.486 e. The highest BCUT2D eigenvalue weighted by molar-refractivity contribution is 7.99. The first-order valence-corrected chi connectivity index (χ1v) is 12.8. The fourth-order valence-electron chi connectivity index (χ4n) is 4.09. The zero-order chi connectivity index (χ0) is 22.1. The van der Waals surface area contributed by atoms with Crippen molar-refractivity contribution in [3.05, 3.63) is 50.4 Å². The van der Waals surface area contributed by atoms with Crippen molar-refractivity contribution in [3.63, 3.8) is 0 Å². The number of rotatable bonds is 6. The summed E-state index contributed by atoms with van der Waals surface area (Å²) in [5.41, 5.74) is 2.09. The van der Waals surface area contributed by atoms with Gasteiger partial charge in [0, 0.05) is 11.4 Å². The van der Waals surface area contributed by atoms with Crippen LogP contribution in [0.2, 0.25) is 0 Å². The smallest absolute Gasteiger partial charge is 0.259 e. The maximum atomic E-state index is 12.7. The predicted octanol–water partition coefficient (Wildman–Crippen LogP) is 3.57. The quantitative estimate of drug-likeness (QED) is 0.571. The zero-order valence-corrected chi connectivity index (χ0v) is 19.5. The van der Waals surface area contributed by atoms with Gasteiger partial charge in [-0.3, -0.25) is 9.59 Å². The normalized spacial score (nSPS) is 15.9. The highest BCUT2D eigenvalue weighted by Gasteiger charge is 2.21. The van der Waals surface area contributed by atoms with E-state index in [0.717, 1.165) is 40.8 Å². The Morgan fingerprint density at radius 1 is 1.25 bits per heavy atom. The van der Waals surface area contributed by atoms with Crippen LogP contribution in [0, 0.1) is 0 Å². The molecule has 0 radical (unpaired) electrons. The molecule has 1 aliphatic heterocycles. The second-order valence-corrected chi connectivity index (χ2v) is 10.5. The number of fused-ring (bicyclic) bond motifs is 4. The SMILES string of the molecule is C[C@@H](SCc1nc2sc3c(c2c(=O)[nH]1)CCCC3)C(=O)NCc1ccc2c(c1)OCCO2. The van der Waals surface area contributed by atoms with Gasteiger partial charge in [-0.25, -0.2) is 4.98 Å². The molecule has 1 aliphatic carbocycles. The molecule has 9 heteroatoms. The summed E-state index contributed by atoms with van der Waals surface area (Å²) < 4.78 is 11.1. The summed E-state index contributed by atoms with van der Waals surface area (Å²) in [6.07, 6.45) is 4.32. The number of thiophene rings is 1. The average Bonchev–Trinajstić information content (AvgIpc) is 3.19. The molecule has 0 spiro atoms. The number of H-pyrrole nitrogens is 1. The highest BCUT2D eigenvalue weighted by atomic mass is 32.2. The number of aryl methyl sites for hydroxylation is 2. The molecule has 2 aromatic heterocycles. The average molecular weight is 472 g/mol. The summed E-state index contributed by atoms with van der Waals surface area (Å²) in [6.45, 7) is 3.37. The highest BCUT2D eigenvalue weighted by Crippen LogP contribution is 2.34. The van der Waals surface area contributed by atoms with E-state index in [4.69, 9.17) is 14.5 Å². The molecule has 0 unspecified atom stereocenters. The molecule has 3 heterocycles. The molecule has 168 valence electrons. The lowest BCUT2D eigenvalue weighted by atomic mass is 9.97. The first-order chi connectivity index (χ1) is 15.6. The number of hydrogen-bond acceptors (Lipinski definition) is 7. The van der Waals surface area contributed by atoms with Gasteiger partial charge in [0.15, 0.2) is 11.5 Å². The van der Waals surface area contributed by atoms with Crippen molar-refractivity contribution in [1.82, 2.24) is 15.3 Å². The van der Waals surface area contributed by atoms with Crippen LogP contribution in [0.15, 0.2) is 23.0 Å². The fourth-order valence-corrected chi connectivity index (χ4v) is 6.15. The van der Waals surface area contributed by atoms with E-state index < -0.39 is 0 Å². The molecule has 0 bridgehead atoms. The van der Waals surface area contributed by atoms with Crippen LogP contribution < -0.4 is 20.3 Å². The van der Waals surface area contributed by atoms with E-state index in [1.54, 1.807) is 11.3 Å². The molecular weight excluding hydrogens is 446 g/mol. The van der Waals surface area contributed by atoms with Gasteiger partial charge in [-0.15, -0.1) is 23.1 Å². The van der Waals surface area contributed by atoms with Crippen LogP contribution in [0.4, 0.5) is 0 Å². The summed E-state index contributed by atoms with van der Waals surface area (Å²) >= 11 is 3.11. The van der Waals surface area contributed by atoms with Crippen LogP contribution in [0.25, 0.3) is 10.2 Å². The Hall–Kier alpha value is -2.52. The van der Waals surface area contributed by atoms with Crippen LogP contribution in [0.5, 0.6) is 11.5 Å². The first kappa shape index (κ1) is 21.3. The van der Waals surface area contributed by atoms with Crippen molar-refractivity contribution in [2.45, 2.75) is 50.2 Å². The van der Waals surface area contributed by atoms with Crippen LogP contribution in [-0.2, 0) is 29.9 Å². The second kappa shape index (κ2) is 9.15. The fraction of sp³-hybridized carbons (Fsp3) is 0.435. The number of carbonyl (C=O) groups excluding carboxylic acids is 1. The number of aromatic nitrogens is 2. The van der Waals surface area contributed by atoms with Crippen LogP contribution >= 0.6 is 23.1 Å². The third-order valence-electron chi connectivity index (χ3n) is 5.79. The number of benzene rings is 1. The number of carbonyl (C=O) groups is 1. The zero-order valence-electron chi connectivity index (χ0n) is 17.9. The van der Waals surface area contributed by atoms with E-state index in [9.17, 15) is 9.59 Å². The Bertz CT molecular complexity index is 1220. The van der Waals surface area contributed by atoms with E-state index in [2.05, 4.69) is 10.3 Å². The largest absolute Gasteiger partial charge is 0.486 e. The lowest BCUT2D eigenvalue weighted by Gasteiger charge is -2.19. The molecule has 0 saturated heterocycles. The van der Waals surface area contributed by atoms with Crippen molar-refractivity contribution in [1.29, 1.82) is 0 Å². The molecule has 5 rings (SSSR count). The number of amides is 1. The molecule has 32 heavy (non-hydrogen) atoms. The number of hydrogen-bond donors (Lipinski definition) is 2. The van der Waals surface area contributed by atoms with Gasteiger partial charge in [0.25, 0.3) is 5.56 Å². The Kier molecular flexibility index (Phi) is 6.10. The van der Waals surface area contributed by atoms with Crippen molar-refractivity contribution < 1.29 is 14.3 Å². The summed E-state index contributed by atoms with van der Waals surface area (Å²) in [5, 5.41) is 3.46. The van der Waals surface area contributed by atoms with Crippen molar-refractivity contribution in [2.24, 2.45) is 0 Å². The second-order valence-electron chi connectivity index (χ2n) is 8.05. The minimum absolute atomic E-state index is 0.0549. The summed E-state index contributed by atoms with van der Waals surface area (Å²) in [7, 11) is 0. The number of nitrogens with zero attached hydrogens (tertiary/aromatic N) is 1. The van der Waals surface area contributed by atoms with E-state index in [0.29, 0.717) is 37.1 Å². The van der Waals surface area contributed by atoms with Crippen molar-refractivity contribution in [3.8, 4) is 11.5 Å². The van der Waals surface area contributed by atoms with Crippen LogP contribution in [-0.4, -0.2) is 34.3 Å². The van der Waals surface area contributed by atoms with Crippen molar-refractivity contribution >= 4 is 39.2 Å². The summed E-state index contributed by atoms with van der Waals surface area (Å²) in [6, 6.07) is 5.70. The molecule has 2 aliphatic rings. The standard InChI is InChI=1S/C23H25N3O4S2/c1-13(21(27)24-11-14-6-7-16-17(10-14)30-9-8-29-16)31-12-19-25-22(28)20-15-4-2-3-5-18(15)32-23(20)26-19/h6-7,10,13H,2-5,8-9,11-12H2,1H3,(H,24,27)(H,25,26,28)/t13-/m1/s1. The third-order valence-corrected chi connectivity index (χ3v) is 8.13. The van der Waals surface area contributed by atoms with E-state index in [-0.39, 0.29) is 16.7 Å². The number of thioether (sulfide) groups is 1. The topological polar surface area (TPSA) is 93.3 Å². The van der Waals surface area contributed by atoms with E-state index in [1.807, 2.05) is 25.1 Å². The van der Waals surface area contributed by atoms with Crippen molar-refractivity contribution in [2.75, 3.05) is 13.2 Å². The molecule has 3 aromatic rings. The summed E-state index contributed by atoms with van der Waals surface area (Å²) in [5.74, 6) is 2.50. The lowest BCUT2D eigenvalue weighted by Crippen LogP contribution is -2.30. The Labute approximate surface area is 193 Å². The molecule has 0 saturated carbocycles. The lowest BCUT2D eigenvalue weighted by molar-refractivity contribution is -0.120. The maximum absolute atomic E-state index is 12.7. The van der Waals surface area contributed by atoms with Gasteiger partial charge in [-0.1, -0.05) is 6.07 Å². The number of ether oxygens (including phenoxy) is 2. The van der Waals surface area contributed by atoms with Crippen LogP contribution in [0.1, 0.15) is 41.6 Å². The monoisotopic (exact) mass is 471 g/mol. The van der Waals surface area contributed by atoms with Gasteiger partial charge in [0.2, 0.25) is 5.91 Å². The van der Waals surface area contributed by atoms with Crippen LogP contribution in [0.3, 0.4) is 0 Å². The molecule has 1 atom stereocenters. The maximum Gasteiger partial charge on any atom is 0.259 e. The van der Waals surface area contributed by atoms with Gasteiger partial charge < -0.3 is 19.8 Å². The molecular formula is C23H25N3O4S2.